The van der Waals surface area contributed by atoms with Crippen LogP contribution < -0.4 is 10.6 Å². The maximum Gasteiger partial charge on any atom is 0.313 e. The van der Waals surface area contributed by atoms with Gasteiger partial charge < -0.3 is 15.7 Å². The van der Waals surface area contributed by atoms with E-state index in [2.05, 4.69) is 10.6 Å². The lowest BCUT2D eigenvalue weighted by molar-refractivity contribution is -0.136. The van der Waals surface area contributed by atoms with Gasteiger partial charge >= 0.3 is 11.8 Å². The molecule has 0 aliphatic heterocycles. The molecule has 2 aromatic rings. The van der Waals surface area contributed by atoms with E-state index in [9.17, 15) is 14.7 Å². The number of hydrogen-bond acceptors (Lipinski definition) is 3. The lowest BCUT2D eigenvalue weighted by Crippen LogP contribution is -2.46. The summed E-state index contributed by atoms with van der Waals surface area (Å²) in [5.41, 5.74) is 0.0727. The Morgan fingerprint density at radius 1 is 1.04 bits per heavy atom. The van der Waals surface area contributed by atoms with E-state index in [4.69, 9.17) is 0 Å². The number of anilines is 1. The molecule has 0 radical (unpaired) electrons. The molecule has 1 unspecified atom stereocenters. The fourth-order valence-corrected chi connectivity index (χ4v) is 2.91. The highest BCUT2D eigenvalue weighted by molar-refractivity contribution is 6.40. The molecule has 0 aromatic heterocycles. The Balaban J connectivity index is 2.02. The zero-order chi connectivity index (χ0) is 18.6. The van der Waals surface area contributed by atoms with E-state index in [1.165, 1.54) is 0 Å². The van der Waals surface area contributed by atoms with Crippen LogP contribution in [0.3, 0.4) is 0 Å². The third-order valence-corrected chi connectivity index (χ3v) is 4.38. The van der Waals surface area contributed by atoms with Crippen molar-refractivity contribution in [2.45, 2.75) is 33.8 Å². The molecule has 0 aliphatic rings. The third kappa shape index (κ3) is 4.57. The smallest absolute Gasteiger partial charge is 0.313 e. The van der Waals surface area contributed by atoms with Gasteiger partial charge in [0.15, 0.2) is 0 Å². The van der Waals surface area contributed by atoms with Crippen LogP contribution in [0.1, 0.15) is 27.7 Å². The van der Waals surface area contributed by atoms with Gasteiger partial charge in [-0.15, -0.1) is 0 Å². The van der Waals surface area contributed by atoms with Crippen LogP contribution in [0.25, 0.3) is 10.8 Å². The molecule has 0 fully saturated rings. The van der Waals surface area contributed by atoms with Gasteiger partial charge in [0.05, 0.1) is 6.10 Å². The second-order valence-electron chi connectivity index (χ2n) is 7.34. The molecule has 0 heterocycles. The molecule has 0 bridgehead atoms. The lowest BCUT2D eigenvalue weighted by atomic mass is 9.81. The summed E-state index contributed by atoms with van der Waals surface area (Å²) in [5, 5.41) is 17.3. The first-order valence-corrected chi connectivity index (χ1v) is 8.47. The molecule has 5 nitrogen and oxygen atoms in total. The van der Waals surface area contributed by atoms with Crippen LogP contribution in [0.4, 0.5) is 5.69 Å². The molecule has 2 aromatic carbocycles. The average Bonchev–Trinajstić information content (AvgIpc) is 2.59. The van der Waals surface area contributed by atoms with Gasteiger partial charge in [0, 0.05) is 23.0 Å². The van der Waals surface area contributed by atoms with E-state index in [0.29, 0.717) is 5.69 Å². The Hall–Kier alpha value is -2.40. The summed E-state index contributed by atoms with van der Waals surface area (Å²) in [4.78, 5) is 24.3. The minimum Gasteiger partial charge on any atom is -0.392 e. The van der Waals surface area contributed by atoms with Crippen LogP contribution in [-0.2, 0) is 9.59 Å². The first-order valence-electron chi connectivity index (χ1n) is 8.47. The average molecular weight is 342 g/mol. The molecule has 0 aliphatic carbocycles. The molecule has 25 heavy (non-hydrogen) atoms. The Kier molecular flexibility index (Phi) is 5.80. The number of carbonyl (C=O) groups excluding carboxylic acids is 2. The second kappa shape index (κ2) is 7.66. The predicted octanol–water partition coefficient (Wildman–Crippen LogP) is 2.94. The molecular formula is C20H26N2O3. The molecule has 0 spiro atoms. The molecule has 5 heteroatoms. The van der Waals surface area contributed by atoms with E-state index in [1.807, 2.05) is 64.1 Å². The molecule has 0 saturated carbocycles. The van der Waals surface area contributed by atoms with Gasteiger partial charge in [-0.25, -0.2) is 0 Å². The monoisotopic (exact) mass is 342 g/mol. The SMILES string of the molecule is CC(C)C(O)C(C)(C)CNC(=O)C(=O)Nc1cccc2ccccc12. The number of rotatable bonds is 5. The zero-order valence-electron chi connectivity index (χ0n) is 15.2. The van der Waals surface area contributed by atoms with E-state index < -0.39 is 23.3 Å². The topological polar surface area (TPSA) is 78.4 Å². The van der Waals surface area contributed by atoms with E-state index >= 15 is 0 Å². The highest BCUT2D eigenvalue weighted by atomic mass is 16.3. The summed E-state index contributed by atoms with van der Waals surface area (Å²) < 4.78 is 0. The van der Waals surface area contributed by atoms with Crippen LogP contribution in [0.2, 0.25) is 0 Å². The van der Waals surface area contributed by atoms with Gasteiger partial charge in [-0.05, 0) is 17.4 Å². The van der Waals surface area contributed by atoms with Gasteiger partial charge in [-0.1, -0.05) is 64.1 Å². The number of nitrogens with one attached hydrogen (secondary N) is 2. The molecule has 2 rings (SSSR count). The highest BCUT2D eigenvalue weighted by Crippen LogP contribution is 2.25. The van der Waals surface area contributed by atoms with Gasteiger partial charge in [0.25, 0.3) is 0 Å². The minimum absolute atomic E-state index is 0.0661. The molecule has 2 amide bonds. The molecule has 1 atom stereocenters. The fraction of sp³-hybridized carbons (Fsp3) is 0.400. The molecule has 134 valence electrons. The van der Waals surface area contributed by atoms with Crippen molar-refractivity contribution in [3.05, 3.63) is 42.5 Å². The van der Waals surface area contributed by atoms with Gasteiger partial charge in [0.2, 0.25) is 0 Å². The van der Waals surface area contributed by atoms with Crippen molar-refractivity contribution in [1.82, 2.24) is 5.32 Å². The maximum absolute atomic E-state index is 12.2. The molecule has 3 N–H and O–H groups in total. The van der Waals surface area contributed by atoms with Crippen molar-refractivity contribution in [2.24, 2.45) is 11.3 Å². The number of carbonyl (C=O) groups is 2. The second-order valence-corrected chi connectivity index (χ2v) is 7.34. The Bertz CT molecular complexity index is 763. The third-order valence-electron chi connectivity index (χ3n) is 4.38. The molecular weight excluding hydrogens is 316 g/mol. The Labute approximate surface area is 148 Å². The summed E-state index contributed by atoms with van der Waals surface area (Å²) in [6.45, 7) is 7.78. The first kappa shape index (κ1) is 18.9. The summed E-state index contributed by atoms with van der Waals surface area (Å²) in [5.74, 6) is -1.36. The van der Waals surface area contributed by atoms with Gasteiger partial charge in [-0.3, -0.25) is 9.59 Å². The van der Waals surface area contributed by atoms with Gasteiger partial charge in [-0.2, -0.15) is 0 Å². The van der Waals surface area contributed by atoms with Crippen LogP contribution in [0.5, 0.6) is 0 Å². The molecule has 0 saturated heterocycles. The summed E-state index contributed by atoms with van der Waals surface area (Å²) in [7, 11) is 0. The van der Waals surface area contributed by atoms with Gasteiger partial charge in [0.1, 0.15) is 0 Å². The van der Waals surface area contributed by atoms with Crippen molar-refractivity contribution in [2.75, 3.05) is 11.9 Å². The Morgan fingerprint density at radius 3 is 2.36 bits per heavy atom. The maximum atomic E-state index is 12.2. The minimum atomic E-state index is -0.716. The quantitative estimate of drug-likeness (QED) is 0.731. The zero-order valence-corrected chi connectivity index (χ0v) is 15.2. The van der Waals surface area contributed by atoms with Crippen LogP contribution in [0.15, 0.2) is 42.5 Å². The summed E-state index contributed by atoms with van der Waals surface area (Å²) in [6.07, 6.45) is -0.575. The number of aliphatic hydroxyl groups excluding tert-OH is 1. The van der Waals surface area contributed by atoms with Crippen molar-refractivity contribution >= 4 is 28.3 Å². The van der Waals surface area contributed by atoms with Crippen molar-refractivity contribution in [1.29, 1.82) is 0 Å². The van der Waals surface area contributed by atoms with Crippen molar-refractivity contribution < 1.29 is 14.7 Å². The van der Waals surface area contributed by atoms with E-state index in [1.54, 1.807) is 6.07 Å². The first-order chi connectivity index (χ1) is 11.7. The highest BCUT2D eigenvalue weighted by Gasteiger charge is 2.31. The number of fused-ring (bicyclic) bond motifs is 1. The number of amides is 2. The number of benzene rings is 2. The Morgan fingerprint density at radius 2 is 1.68 bits per heavy atom. The largest absolute Gasteiger partial charge is 0.392 e. The van der Waals surface area contributed by atoms with Crippen LogP contribution in [0, 0.1) is 11.3 Å². The number of aliphatic hydroxyl groups is 1. The van der Waals surface area contributed by atoms with Crippen molar-refractivity contribution in [3.8, 4) is 0 Å². The fourth-order valence-electron chi connectivity index (χ4n) is 2.91. The summed E-state index contributed by atoms with van der Waals surface area (Å²) in [6, 6.07) is 13.2. The standard InChI is InChI=1S/C20H26N2O3/c1-13(2)17(23)20(3,4)12-21-18(24)19(25)22-16-11-7-9-14-8-5-6-10-15(14)16/h5-11,13,17,23H,12H2,1-4H3,(H,21,24)(H,22,25). The van der Waals surface area contributed by atoms with E-state index in [-0.39, 0.29) is 12.5 Å². The van der Waals surface area contributed by atoms with Crippen LogP contribution in [-0.4, -0.2) is 29.6 Å². The van der Waals surface area contributed by atoms with E-state index in [0.717, 1.165) is 10.8 Å². The number of hydrogen-bond donors (Lipinski definition) is 3. The van der Waals surface area contributed by atoms with Crippen molar-refractivity contribution in [3.63, 3.8) is 0 Å². The lowest BCUT2D eigenvalue weighted by Gasteiger charge is -2.33. The van der Waals surface area contributed by atoms with Crippen LogP contribution >= 0.6 is 0 Å². The predicted molar refractivity (Wildman–Crippen MR) is 100 cm³/mol. The summed E-state index contributed by atoms with van der Waals surface area (Å²) >= 11 is 0. The normalized spacial score (nSPS) is 12.9.